The number of morpholine rings is 1. The Labute approximate surface area is 104 Å². The quantitative estimate of drug-likeness (QED) is 0.797. The van der Waals surface area contributed by atoms with E-state index in [0.717, 1.165) is 26.1 Å². The summed E-state index contributed by atoms with van der Waals surface area (Å²) in [5.41, 5.74) is 0. The molecular weight excluding hydrogens is 214 g/mol. The van der Waals surface area contributed by atoms with Gasteiger partial charge in [0.15, 0.2) is 0 Å². The second kappa shape index (κ2) is 5.25. The highest BCUT2D eigenvalue weighted by molar-refractivity contribution is 4.91. The van der Waals surface area contributed by atoms with Gasteiger partial charge in [0.1, 0.15) is 0 Å². The summed E-state index contributed by atoms with van der Waals surface area (Å²) in [5.74, 6) is 0.517. The molecule has 2 aliphatic carbocycles. The average molecular weight is 239 g/mol. The summed E-state index contributed by atoms with van der Waals surface area (Å²) in [6.07, 6.45) is 9.06. The first kappa shape index (κ1) is 11.9. The molecule has 4 unspecified atom stereocenters. The van der Waals surface area contributed by atoms with Crippen molar-refractivity contribution in [3.8, 4) is 0 Å². The van der Waals surface area contributed by atoms with Gasteiger partial charge in [0.05, 0.1) is 18.8 Å². The van der Waals surface area contributed by atoms with Gasteiger partial charge in [0.25, 0.3) is 0 Å². The molecule has 17 heavy (non-hydrogen) atoms. The molecular formula is C14H25NO2. The second-order valence-corrected chi connectivity index (χ2v) is 6.01. The third kappa shape index (κ3) is 2.51. The lowest BCUT2D eigenvalue weighted by atomic mass is 9.85. The van der Waals surface area contributed by atoms with Crippen LogP contribution in [-0.2, 0) is 4.74 Å². The lowest BCUT2D eigenvalue weighted by Crippen LogP contribution is -2.51. The maximum atomic E-state index is 10.1. The third-order valence-electron chi connectivity index (χ3n) is 4.94. The number of aliphatic hydroxyl groups is 1. The third-order valence-corrected chi connectivity index (χ3v) is 4.94. The Bertz CT molecular complexity index is 259. The summed E-state index contributed by atoms with van der Waals surface area (Å²) in [5, 5.41) is 10.1. The zero-order valence-corrected chi connectivity index (χ0v) is 10.7. The van der Waals surface area contributed by atoms with Crippen LogP contribution in [0.2, 0.25) is 0 Å². The summed E-state index contributed by atoms with van der Waals surface area (Å²) in [4.78, 5) is 2.61. The van der Waals surface area contributed by atoms with Gasteiger partial charge in [-0.1, -0.05) is 12.8 Å². The van der Waals surface area contributed by atoms with Crippen LogP contribution in [-0.4, -0.2) is 48.0 Å². The van der Waals surface area contributed by atoms with E-state index in [1.165, 1.54) is 38.5 Å². The van der Waals surface area contributed by atoms with E-state index in [2.05, 4.69) is 4.90 Å². The number of aliphatic hydroxyl groups excluding tert-OH is 1. The lowest BCUT2D eigenvalue weighted by molar-refractivity contribution is -0.0701. The van der Waals surface area contributed by atoms with Crippen molar-refractivity contribution >= 4 is 0 Å². The van der Waals surface area contributed by atoms with E-state index in [1.807, 2.05) is 0 Å². The van der Waals surface area contributed by atoms with Crippen molar-refractivity contribution in [1.82, 2.24) is 4.90 Å². The molecule has 1 heterocycles. The van der Waals surface area contributed by atoms with Gasteiger partial charge in [0, 0.05) is 19.1 Å². The van der Waals surface area contributed by atoms with Crippen molar-refractivity contribution in [3.63, 3.8) is 0 Å². The molecule has 0 bridgehead atoms. The fourth-order valence-electron chi connectivity index (χ4n) is 3.93. The zero-order valence-electron chi connectivity index (χ0n) is 10.7. The molecule has 0 radical (unpaired) electrons. The monoisotopic (exact) mass is 239 g/mol. The molecule has 98 valence electrons. The first-order valence-electron chi connectivity index (χ1n) is 7.38. The molecule has 1 aliphatic heterocycles. The maximum absolute atomic E-state index is 10.1. The molecule has 3 heteroatoms. The van der Waals surface area contributed by atoms with Crippen LogP contribution in [0.5, 0.6) is 0 Å². The second-order valence-electron chi connectivity index (χ2n) is 6.01. The molecule has 3 rings (SSSR count). The van der Waals surface area contributed by atoms with Crippen LogP contribution in [0.15, 0.2) is 0 Å². The van der Waals surface area contributed by atoms with Gasteiger partial charge in [-0.05, 0) is 38.0 Å². The van der Waals surface area contributed by atoms with Gasteiger partial charge >= 0.3 is 0 Å². The molecule has 1 N–H and O–H groups in total. The predicted octanol–water partition coefficient (Wildman–Crippen LogP) is 1.79. The van der Waals surface area contributed by atoms with Crippen LogP contribution >= 0.6 is 0 Å². The van der Waals surface area contributed by atoms with Gasteiger partial charge < -0.3 is 9.84 Å². The number of rotatable bonds is 2. The molecule has 3 aliphatic rings. The van der Waals surface area contributed by atoms with E-state index in [9.17, 15) is 5.11 Å². The Morgan fingerprint density at radius 1 is 1.06 bits per heavy atom. The molecule has 0 aromatic heterocycles. The van der Waals surface area contributed by atoms with Crippen LogP contribution in [0, 0.1) is 5.92 Å². The normalized spacial score (nSPS) is 43.6. The number of hydrogen-bond donors (Lipinski definition) is 1. The molecule has 0 aromatic rings. The van der Waals surface area contributed by atoms with Crippen molar-refractivity contribution in [1.29, 1.82) is 0 Å². The van der Waals surface area contributed by atoms with E-state index >= 15 is 0 Å². The summed E-state index contributed by atoms with van der Waals surface area (Å²) in [6.45, 7) is 3.07. The smallest absolute Gasteiger partial charge is 0.0730 e. The molecule has 1 saturated heterocycles. The summed E-state index contributed by atoms with van der Waals surface area (Å²) in [6, 6.07) is 0.651. The van der Waals surface area contributed by atoms with Crippen LogP contribution < -0.4 is 0 Å². The Hall–Kier alpha value is -0.120. The number of fused-ring (bicyclic) bond motifs is 1. The van der Waals surface area contributed by atoms with Gasteiger partial charge in [-0.2, -0.15) is 0 Å². The van der Waals surface area contributed by atoms with Gasteiger partial charge in [-0.25, -0.2) is 0 Å². The Kier molecular flexibility index (Phi) is 3.69. The van der Waals surface area contributed by atoms with E-state index in [-0.39, 0.29) is 6.10 Å². The predicted molar refractivity (Wildman–Crippen MR) is 66.9 cm³/mol. The fourth-order valence-corrected chi connectivity index (χ4v) is 3.93. The summed E-state index contributed by atoms with van der Waals surface area (Å²) < 4.78 is 5.84. The topological polar surface area (TPSA) is 32.7 Å². The van der Waals surface area contributed by atoms with E-state index in [1.54, 1.807) is 0 Å². The average Bonchev–Trinajstić information content (AvgIpc) is 2.81. The van der Waals surface area contributed by atoms with E-state index < -0.39 is 0 Å². The number of hydrogen-bond acceptors (Lipinski definition) is 3. The highest BCUT2D eigenvalue weighted by Crippen LogP contribution is 2.32. The standard InChI is InChI=1S/C14H25NO2/c16-13-6-2-1-4-11(13)10-15-8-9-17-14-7-3-5-12(14)15/h11-14,16H,1-10H2. The zero-order chi connectivity index (χ0) is 11.7. The van der Waals surface area contributed by atoms with Crippen molar-refractivity contribution in [2.45, 2.75) is 63.2 Å². The van der Waals surface area contributed by atoms with E-state index in [0.29, 0.717) is 18.1 Å². The van der Waals surface area contributed by atoms with Crippen LogP contribution in [0.25, 0.3) is 0 Å². The minimum absolute atomic E-state index is 0.0496. The molecule has 0 spiro atoms. The maximum Gasteiger partial charge on any atom is 0.0730 e. The minimum atomic E-state index is -0.0496. The number of ether oxygens (including phenoxy) is 1. The molecule has 4 atom stereocenters. The van der Waals surface area contributed by atoms with Crippen molar-refractivity contribution in [2.24, 2.45) is 5.92 Å². The van der Waals surface area contributed by atoms with Crippen molar-refractivity contribution in [3.05, 3.63) is 0 Å². The molecule has 3 nitrogen and oxygen atoms in total. The fraction of sp³-hybridized carbons (Fsp3) is 1.00. The molecule has 2 saturated carbocycles. The van der Waals surface area contributed by atoms with Gasteiger partial charge in [-0.15, -0.1) is 0 Å². The van der Waals surface area contributed by atoms with Crippen LogP contribution in [0.4, 0.5) is 0 Å². The van der Waals surface area contributed by atoms with Crippen LogP contribution in [0.3, 0.4) is 0 Å². The largest absolute Gasteiger partial charge is 0.393 e. The molecule has 0 amide bonds. The Morgan fingerprint density at radius 2 is 1.94 bits per heavy atom. The highest BCUT2D eigenvalue weighted by atomic mass is 16.5. The van der Waals surface area contributed by atoms with Gasteiger partial charge in [0.2, 0.25) is 0 Å². The van der Waals surface area contributed by atoms with Gasteiger partial charge in [-0.3, -0.25) is 4.90 Å². The lowest BCUT2D eigenvalue weighted by Gasteiger charge is -2.41. The first-order valence-corrected chi connectivity index (χ1v) is 7.38. The Balaban J connectivity index is 1.59. The first-order chi connectivity index (χ1) is 8.34. The van der Waals surface area contributed by atoms with Crippen molar-refractivity contribution < 1.29 is 9.84 Å². The SMILES string of the molecule is OC1CCCCC1CN1CCOC2CCCC21. The number of nitrogens with zero attached hydrogens (tertiary/aromatic N) is 1. The van der Waals surface area contributed by atoms with E-state index in [4.69, 9.17) is 4.74 Å². The summed E-state index contributed by atoms with van der Waals surface area (Å²) in [7, 11) is 0. The Morgan fingerprint density at radius 3 is 2.82 bits per heavy atom. The molecule has 3 fully saturated rings. The minimum Gasteiger partial charge on any atom is -0.393 e. The van der Waals surface area contributed by atoms with Crippen LogP contribution in [0.1, 0.15) is 44.9 Å². The van der Waals surface area contributed by atoms with Crippen molar-refractivity contribution in [2.75, 3.05) is 19.7 Å². The highest BCUT2D eigenvalue weighted by Gasteiger charge is 2.37. The molecule has 0 aromatic carbocycles. The summed E-state index contributed by atoms with van der Waals surface area (Å²) >= 11 is 0.